The first-order chi connectivity index (χ1) is 7.27. The van der Waals surface area contributed by atoms with Crippen LogP contribution in [0.25, 0.3) is 0 Å². The topological polar surface area (TPSA) is 15.3 Å². The van der Waals surface area contributed by atoms with Crippen molar-refractivity contribution in [1.29, 1.82) is 0 Å². The maximum atomic E-state index is 3.48. The second kappa shape index (κ2) is 5.31. The lowest BCUT2D eigenvalue weighted by Crippen LogP contribution is -2.42. The van der Waals surface area contributed by atoms with Crippen LogP contribution in [0.15, 0.2) is 0 Å². The van der Waals surface area contributed by atoms with Crippen molar-refractivity contribution in [1.82, 2.24) is 10.2 Å². The van der Waals surface area contributed by atoms with E-state index in [9.17, 15) is 0 Å². The van der Waals surface area contributed by atoms with Crippen molar-refractivity contribution in [2.24, 2.45) is 11.8 Å². The van der Waals surface area contributed by atoms with E-state index in [4.69, 9.17) is 0 Å². The Kier molecular flexibility index (Phi) is 4.04. The van der Waals surface area contributed by atoms with E-state index in [-0.39, 0.29) is 0 Å². The zero-order valence-corrected chi connectivity index (χ0v) is 10.3. The molecule has 0 spiro atoms. The van der Waals surface area contributed by atoms with Crippen molar-refractivity contribution in [3.63, 3.8) is 0 Å². The molecular weight excluding hydrogens is 184 g/mol. The van der Waals surface area contributed by atoms with Crippen molar-refractivity contribution in [3.8, 4) is 0 Å². The molecule has 2 rings (SSSR count). The molecule has 2 heteroatoms. The minimum absolute atomic E-state index is 0.826. The third-order valence-corrected chi connectivity index (χ3v) is 3.94. The molecule has 2 aliphatic rings. The standard InChI is InChI=1S/C13H26N2/c1-11(2)10-15-9-3-4-13(15)12-5-7-14-8-6-12/h11-14H,3-10H2,1-2H3. The highest BCUT2D eigenvalue weighted by atomic mass is 15.2. The number of nitrogens with zero attached hydrogens (tertiary/aromatic N) is 1. The highest BCUT2D eigenvalue weighted by Crippen LogP contribution is 2.29. The Morgan fingerprint density at radius 2 is 1.93 bits per heavy atom. The third-order valence-electron chi connectivity index (χ3n) is 3.94. The second-order valence-electron chi connectivity index (χ2n) is 5.69. The Morgan fingerprint density at radius 3 is 2.60 bits per heavy atom. The number of piperidine rings is 1. The van der Waals surface area contributed by atoms with Gasteiger partial charge in [-0.2, -0.15) is 0 Å². The van der Waals surface area contributed by atoms with Gasteiger partial charge >= 0.3 is 0 Å². The lowest BCUT2D eigenvalue weighted by Gasteiger charge is -2.35. The van der Waals surface area contributed by atoms with Gasteiger partial charge in [-0.15, -0.1) is 0 Å². The summed E-state index contributed by atoms with van der Waals surface area (Å²) in [5.74, 6) is 1.81. The van der Waals surface area contributed by atoms with Crippen LogP contribution in [0.3, 0.4) is 0 Å². The van der Waals surface area contributed by atoms with Crippen molar-refractivity contribution in [3.05, 3.63) is 0 Å². The largest absolute Gasteiger partial charge is 0.317 e. The normalized spacial score (nSPS) is 30.2. The van der Waals surface area contributed by atoms with Gasteiger partial charge in [0.1, 0.15) is 0 Å². The van der Waals surface area contributed by atoms with E-state index in [1.165, 1.54) is 51.9 Å². The molecule has 0 aromatic carbocycles. The summed E-state index contributed by atoms with van der Waals surface area (Å²) in [5, 5.41) is 3.48. The molecular formula is C13H26N2. The predicted molar refractivity (Wildman–Crippen MR) is 65.0 cm³/mol. The molecule has 0 bridgehead atoms. The smallest absolute Gasteiger partial charge is 0.0125 e. The SMILES string of the molecule is CC(C)CN1CCCC1C1CCNCC1. The first-order valence-electron chi connectivity index (χ1n) is 6.72. The van der Waals surface area contributed by atoms with Crippen molar-refractivity contribution in [2.75, 3.05) is 26.2 Å². The summed E-state index contributed by atoms with van der Waals surface area (Å²) in [5.41, 5.74) is 0. The Labute approximate surface area is 94.4 Å². The zero-order chi connectivity index (χ0) is 10.7. The Balaban J connectivity index is 1.88. The van der Waals surface area contributed by atoms with Crippen LogP contribution >= 0.6 is 0 Å². The summed E-state index contributed by atoms with van der Waals surface area (Å²) in [4.78, 5) is 2.76. The van der Waals surface area contributed by atoms with Crippen LogP contribution < -0.4 is 5.32 Å². The maximum absolute atomic E-state index is 3.48. The molecule has 1 unspecified atom stereocenters. The molecule has 0 aliphatic carbocycles. The average Bonchev–Trinajstić information content (AvgIpc) is 2.66. The lowest BCUT2D eigenvalue weighted by molar-refractivity contribution is 0.148. The van der Waals surface area contributed by atoms with Gasteiger partial charge in [0.05, 0.1) is 0 Å². The number of hydrogen-bond acceptors (Lipinski definition) is 2. The van der Waals surface area contributed by atoms with Crippen LogP contribution in [0.1, 0.15) is 39.5 Å². The van der Waals surface area contributed by atoms with E-state index in [1.54, 1.807) is 0 Å². The van der Waals surface area contributed by atoms with Gasteiger partial charge in [0.2, 0.25) is 0 Å². The minimum atomic E-state index is 0.826. The summed E-state index contributed by atoms with van der Waals surface area (Å²) < 4.78 is 0. The fourth-order valence-electron chi connectivity index (χ4n) is 3.31. The number of hydrogen-bond donors (Lipinski definition) is 1. The highest BCUT2D eigenvalue weighted by Gasteiger charge is 2.32. The summed E-state index contributed by atoms with van der Waals surface area (Å²) >= 11 is 0. The van der Waals surface area contributed by atoms with E-state index >= 15 is 0 Å². The molecule has 0 aromatic rings. The molecule has 2 saturated heterocycles. The first-order valence-corrected chi connectivity index (χ1v) is 6.72. The molecule has 0 saturated carbocycles. The molecule has 0 amide bonds. The zero-order valence-electron chi connectivity index (χ0n) is 10.3. The van der Waals surface area contributed by atoms with Gasteiger partial charge in [0, 0.05) is 12.6 Å². The van der Waals surface area contributed by atoms with Crippen LogP contribution in [-0.2, 0) is 0 Å². The fraction of sp³-hybridized carbons (Fsp3) is 1.00. The van der Waals surface area contributed by atoms with Crippen LogP contribution in [0.5, 0.6) is 0 Å². The van der Waals surface area contributed by atoms with E-state index in [0.29, 0.717) is 0 Å². The monoisotopic (exact) mass is 210 g/mol. The van der Waals surface area contributed by atoms with Crippen LogP contribution in [0.2, 0.25) is 0 Å². The molecule has 0 aromatic heterocycles. The summed E-state index contributed by atoms with van der Waals surface area (Å²) in [7, 11) is 0. The number of rotatable bonds is 3. The summed E-state index contributed by atoms with van der Waals surface area (Å²) in [6.45, 7) is 9.85. The second-order valence-corrected chi connectivity index (χ2v) is 5.69. The molecule has 88 valence electrons. The number of nitrogens with one attached hydrogen (secondary N) is 1. The fourth-order valence-corrected chi connectivity index (χ4v) is 3.31. The lowest BCUT2D eigenvalue weighted by atomic mass is 9.88. The van der Waals surface area contributed by atoms with Gasteiger partial charge in [-0.3, -0.25) is 4.90 Å². The molecule has 1 N–H and O–H groups in total. The molecule has 2 nitrogen and oxygen atoms in total. The highest BCUT2D eigenvalue weighted by molar-refractivity contribution is 4.87. The van der Waals surface area contributed by atoms with Crippen molar-refractivity contribution in [2.45, 2.75) is 45.6 Å². The van der Waals surface area contributed by atoms with Crippen LogP contribution in [0, 0.1) is 11.8 Å². The third kappa shape index (κ3) is 2.94. The van der Waals surface area contributed by atoms with Crippen LogP contribution in [0.4, 0.5) is 0 Å². The van der Waals surface area contributed by atoms with Gasteiger partial charge in [-0.25, -0.2) is 0 Å². The molecule has 2 heterocycles. The minimum Gasteiger partial charge on any atom is -0.317 e. The van der Waals surface area contributed by atoms with Gasteiger partial charge in [0.25, 0.3) is 0 Å². The summed E-state index contributed by atoms with van der Waals surface area (Å²) in [6.07, 6.45) is 5.69. The van der Waals surface area contributed by atoms with Gasteiger partial charge < -0.3 is 5.32 Å². The van der Waals surface area contributed by atoms with Gasteiger partial charge in [-0.05, 0) is 57.2 Å². The first kappa shape index (κ1) is 11.4. The maximum Gasteiger partial charge on any atom is 0.0125 e. The van der Waals surface area contributed by atoms with E-state index < -0.39 is 0 Å². The van der Waals surface area contributed by atoms with Gasteiger partial charge in [0.15, 0.2) is 0 Å². The quantitative estimate of drug-likeness (QED) is 0.767. The van der Waals surface area contributed by atoms with Crippen LogP contribution in [-0.4, -0.2) is 37.1 Å². The molecule has 0 radical (unpaired) electrons. The van der Waals surface area contributed by atoms with E-state index in [1.807, 2.05) is 0 Å². The summed E-state index contributed by atoms with van der Waals surface area (Å²) in [6, 6.07) is 0.912. The Morgan fingerprint density at radius 1 is 1.20 bits per heavy atom. The Hall–Kier alpha value is -0.0800. The van der Waals surface area contributed by atoms with Crippen molar-refractivity contribution >= 4 is 0 Å². The molecule has 2 fully saturated rings. The Bertz CT molecular complexity index is 185. The van der Waals surface area contributed by atoms with E-state index in [0.717, 1.165) is 17.9 Å². The number of likely N-dealkylation sites (tertiary alicyclic amines) is 1. The average molecular weight is 210 g/mol. The molecule has 1 atom stereocenters. The predicted octanol–water partition coefficient (Wildman–Crippen LogP) is 2.11. The van der Waals surface area contributed by atoms with Crippen molar-refractivity contribution < 1.29 is 0 Å². The molecule has 2 aliphatic heterocycles. The van der Waals surface area contributed by atoms with E-state index in [2.05, 4.69) is 24.1 Å². The van der Waals surface area contributed by atoms with Gasteiger partial charge in [-0.1, -0.05) is 13.8 Å². The molecule has 15 heavy (non-hydrogen) atoms.